The van der Waals surface area contributed by atoms with E-state index in [1.807, 2.05) is 6.07 Å². The predicted molar refractivity (Wildman–Crippen MR) is 89.8 cm³/mol. The first kappa shape index (κ1) is 15.9. The molecule has 116 valence electrons. The molecule has 1 aromatic carbocycles. The van der Waals surface area contributed by atoms with Gasteiger partial charge in [0, 0.05) is 20.5 Å². The van der Waals surface area contributed by atoms with Crippen LogP contribution in [0.1, 0.15) is 32.1 Å². The van der Waals surface area contributed by atoms with Crippen LogP contribution in [0.25, 0.3) is 0 Å². The van der Waals surface area contributed by atoms with Gasteiger partial charge in [-0.05, 0) is 72.8 Å². The summed E-state index contributed by atoms with van der Waals surface area (Å²) in [5.41, 5.74) is 0.180. The van der Waals surface area contributed by atoms with Crippen LogP contribution in [0, 0.1) is 0 Å². The molecular formula is C14H18Br2N2O2S. The second-order valence-corrected chi connectivity index (χ2v) is 9.40. The van der Waals surface area contributed by atoms with Crippen molar-refractivity contribution in [2.75, 3.05) is 6.54 Å². The van der Waals surface area contributed by atoms with Gasteiger partial charge in [0.1, 0.15) is 0 Å². The zero-order chi connectivity index (χ0) is 15.1. The van der Waals surface area contributed by atoms with Crippen molar-refractivity contribution in [3.63, 3.8) is 0 Å². The number of halogens is 2. The summed E-state index contributed by atoms with van der Waals surface area (Å²) < 4.78 is 29.4. The molecule has 1 heterocycles. The first-order chi connectivity index (χ1) is 9.90. The van der Waals surface area contributed by atoms with E-state index in [4.69, 9.17) is 0 Å². The van der Waals surface area contributed by atoms with Crippen LogP contribution in [0.15, 0.2) is 32.0 Å². The molecule has 1 aliphatic carbocycles. The maximum absolute atomic E-state index is 12.6. The third kappa shape index (κ3) is 3.37. The fraction of sp³-hybridized carbons (Fsp3) is 0.571. The lowest BCUT2D eigenvalue weighted by Gasteiger charge is -2.48. The van der Waals surface area contributed by atoms with Crippen molar-refractivity contribution in [3.05, 3.63) is 27.1 Å². The maximum atomic E-state index is 12.6. The highest BCUT2D eigenvalue weighted by Gasteiger charge is 2.41. The molecule has 1 spiro atoms. The molecule has 3 rings (SSSR count). The van der Waals surface area contributed by atoms with Crippen molar-refractivity contribution in [3.8, 4) is 0 Å². The summed E-state index contributed by atoms with van der Waals surface area (Å²) in [7, 11) is -3.50. The van der Waals surface area contributed by atoms with Gasteiger partial charge in [0.25, 0.3) is 0 Å². The summed E-state index contributed by atoms with van der Waals surface area (Å²) in [6.07, 6.45) is 5.28. The van der Waals surface area contributed by atoms with E-state index in [1.54, 1.807) is 12.1 Å². The zero-order valence-electron chi connectivity index (χ0n) is 11.5. The number of hydrogen-bond donors (Lipinski definition) is 2. The Balaban J connectivity index is 1.78. The molecule has 7 heteroatoms. The van der Waals surface area contributed by atoms with Crippen LogP contribution < -0.4 is 10.0 Å². The summed E-state index contributed by atoms with van der Waals surface area (Å²) in [6, 6.07) is 5.21. The number of nitrogens with one attached hydrogen (secondary N) is 2. The Bertz CT molecular complexity index is 644. The monoisotopic (exact) mass is 436 g/mol. The molecule has 0 aromatic heterocycles. The van der Waals surface area contributed by atoms with Crippen molar-refractivity contribution in [1.29, 1.82) is 0 Å². The minimum atomic E-state index is -3.50. The topological polar surface area (TPSA) is 58.2 Å². The van der Waals surface area contributed by atoms with Crippen LogP contribution in [-0.2, 0) is 10.0 Å². The predicted octanol–water partition coefficient (Wildman–Crippen LogP) is 3.16. The molecule has 2 N–H and O–H groups in total. The van der Waals surface area contributed by atoms with E-state index in [1.165, 1.54) is 6.42 Å². The quantitative estimate of drug-likeness (QED) is 0.763. The van der Waals surface area contributed by atoms with Gasteiger partial charge in [-0.3, -0.25) is 0 Å². The van der Waals surface area contributed by atoms with Gasteiger partial charge in [-0.2, -0.15) is 0 Å². The van der Waals surface area contributed by atoms with E-state index >= 15 is 0 Å². The van der Waals surface area contributed by atoms with Crippen molar-refractivity contribution in [1.82, 2.24) is 10.0 Å². The van der Waals surface area contributed by atoms with Gasteiger partial charge in [-0.25, -0.2) is 13.1 Å². The largest absolute Gasteiger partial charge is 0.311 e. The van der Waals surface area contributed by atoms with Crippen molar-refractivity contribution >= 4 is 41.9 Å². The molecule has 1 aromatic rings. The Kier molecular flexibility index (Phi) is 4.49. The molecule has 0 bridgehead atoms. The Hall–Kier alpha value is 0.0500. The van der Waals surface area contributed by atoms with E-state index in [0.717, 1.165) is 36.7 Å². The normalized spacial score (nSPS) is 24.8. The lowest BCUT2D eigenvalue weighted by atomic mass is 9.70. The summed E-state index contributed by atoms with van der Waals surface area (Å²) >= 11 is 6.66. The number of piperidine rings is 1. The van der Waals surface area contributed by atoms with Gasteiger partial charge >= 0.3 is 0 Å². The van der Waals surface area contributed by atoms with E-state index in [2.05, 4.69) is 41.9 Å². The molecule has 2 aliphatic rings. The molecule has 4 nitrogen and oxygen atoms in total. The van der Waals surface area contributed by atoms with Crippen LogP contribution in [0.3, 0.4) is 0 Å². The van der Waals surface area contributed by atoms with Gasteiger partial charge in [-0.1, -0.05) is 15.9 Å². The van der Waals surface area contributed by atoms with Gasteiger partial charge in [0.15, 0.2) is 0 Å². The Labute approximate surface area is 142 Å². The van der Waals surface area contributed by atoms with Crippen molar-refractivity contribution in [2.45, 2.75) is 48.6 Å². The molecule has 21 heavy (non-hydrogen) atoms. The van der Waals surface area contributed by atoms with Crippen molar-refractivity contribution < 1.29 is 8.42 Å². The number of rotatable bonds is 3. The first-order valence-electron chi connectivity index (χ1n) is 7.13. The van der Waals surface area contributed by atoms with Crippen LogP contribution in [0.5, 0.6) is 0 Å². The lowest BCUT2D eigenvalue weighted by Crippen LogP contribution is -2.59. The Morgan fingerprint density at radius 3 is 2.71 bits per heavy atom. The van der Waals surface area contributed by atoms with Gasteiger partial charge in [0.2, 0.25) is 10.0 Å². The molecule has 0 amide bonds. The number of hydrogen-bond acceptors (Lipinski definition) is 3. The Morgan fingerprint density at radius 1 is 1.29 bits per heavy atom. The third-order valence-corrected chi connectivity index (χ3v) is 7.45. The van der Waals surface area contributed by atoms with Crippen LogP contribution in [0.2, 0.25) is 0 Å². The SMILES string of the molecule is O=S(=O)(NC1CCNC2(CCC2)C1)c1cc(Br)ccc1Br. The summed E-state index contributed by atoms with van der Waals surface area (Å²) in [4.78, 5) is 0.290. The standard InChI is InChI=1S/C14H18Br2N2O2S/c15-10-2-3-12(16)13(8-10)21(19,20)18-11-4-7-17-14(9-11)5-1-6-14/h2-3,8,11,17-18H,1,4-7,9H2. The molecule has 1 saturated carbocycles. The fourth-order valence-corrected chi connectivity index (χ4v) is 5.98. The lowest BCUT2D eigenvalue weighted by molar-refractivity contribution is 0.126. The number of benzene rings is 1. The maximum Gasteiger partial charge on any atom is 0.241 e. The minimum absolute atomic E-state index is 0.0161. The van der Waals surface area contributed by atoms with E-state index < -0.39 is 10.0 Å². The highest BCUT2D eigenvalue weighted by molar-refractivity contribution is 9.11. The second kappa shape index (κ2) is 5.92. The Morgan fingerprint density at radius 2 is 2.05 bits per heavy atom. The van der Waals surface area contributed by atoms with E-state index in [9.17, 15) is 8.42 Å². The molecule has 0 radical (unpaired) electrons. The average Bonchev–Trinajstić information content (AvgIpc) is 2.39. The summed E-state index contributed by atoms with van der Waals surface area (Å²) in [5.74, 6) is 0. The van der Waals surface area contributed by atoms with Gasteiger partial charge in [-0.15, -0.1) is 0 Å². The third-order valence-electron chi connectivity index (χ3n) is 4.45. The first-order valence-corrected chi connectivity index (χ1v) is 10.2. The fourth-order valence-electron chi connectivity index (χ4n) is 3.21. The molecule has 1 unspecified atom stereocenters. The van der Waals surface area contributed by atoms with Crippen molar-refractivity contribution in [2.24, 2.45) is 0 Å². The summed E-state index contributed by atoms with van der Waals surface area (Å²) in [6.45, 7) is 0.882. The van der Waals surface area contributed by atoms with Gasteiger partial charge < -0.3 is 5.32 Å². The average molecular weight is 438 g/mol. The van der Waals surface area contributed by atoms with E-state index in [0.29, 0.717) is 4.47 Å². The molecule has 2 fully saturated rings. The highest BCUT2D eigenvalue weighted by atomic mass is 79.9. The highest BCUT2D eigenvalue weighted by Crippen LogP contribution is 2.38. The second-order valence-electron chi connectivity index (χ2n) is 5.95. The zero-order valence-corrected chi connectivity index (χ0v) is 15.5. The van der Waals surface area contributed by atoms with Crippen LogP contribution in [-0.4, -0.2) is 26.5 Å². The smallest absolute Gasteiger partial charge is 0.241 e. The van der Waals surface area contributed by atoms with Gasteiger partial charge in [0.05, 0.1) is 4.90 Å². The molecule has 1 saturated heterocycles. The molecular weight excluding hydrogens is 420 g/mol. The van der Waals surface area contributed by atoms with E-state index in [-0.39, 0.29) is 16.5 Å². The van der Waals surface area contributed by atoms with Crippen LogP contribution >= 0.6 is 31.9 Å². The number of sulfonamides is 1. The van der Waals surface area contributed by atoms with Crippen LogP contribution in [0.4, 0.5) is 0 Å². The summed E-state index contributed by atoms with van der Waals surface area (Å²) in [5, 5.41) is 3.56. The molecule has 1 atom stereocenters. The minimum Gasteiger partial charge on any atom is -0.311 e. The molecule has 1 aliphatic heterocycles.